The molecule has 0 spiro atoms. The average molecular weight is 260 g/mol. The first kappa shape index (κ1) is 12.2. The lowest BCUT2D eigenvalue weighted by atomic mass is 9.96. The van der Waals surface area contributed by atoms with Gasteiger partial charge in [0.05, 0.1) is 6.10 Å². The van der Waals surface area contributed by atoms with Crippen molar-refractivity contribution in [1.82, 2.24) is 0 Å². The molecule has 0 aliphatic heterocycles. The third kappa shape index (κ3) is 2.60. The van der Waals surface area contributed by atoms with Crippen LogP contribution in [0.4, 0.5) is 0 Å². The highest BCUT2D eigenvalue weighted by Crippen LogP contribution is 2.31. The van der Waals surface area contributed by atoms with Crippen LogP contribution in [-0.2, 0) is 6.42 Å². The van der Waals surface area contributed by atoms with E-state index in [2.05, 4.69) is 29.6 Å². The largest absolute Gasteiger partial charge is 0.393 e. The molecule has 1 nitrogen and oxygen atoms in total. The van der Waals surface area contributed by atoms with Gasteiger partial charge in [-0.15, -0.1) is 11.3 Å². The van der Waals surface area contributed by atoms with Crippen LogP contribution in [0.2, 0.25) is 0 Å². The molecule has 1 unspecified atom stereocenters. The predicted octanol–water partition coefficient (Wildman–Crippen LogP) is 4.39. The third-order valence-corrected chi connectivity index (χ3v) is 5.11. The zero-order valence-corrected chi connectivity index (χ0v) is 11.5. The van der Waals surface area contributed by atoms with Crippen molar-refractivity contribution in [3.63, 3.8) is 0 Å². The molecule has 1 aliphatic rings. The number of rotatable bonds is 4. The predicted molar refractivity (Wildman–Crippen MR) is 78.1 cm³/mol. The fourth-order valence-electron chi connectivity index (χ4n) is 3.16. The van der Waals surface area contributed by atoms with Crippen LogP contribution >= 0.6 is 11.3 Å². The van der Waals surface area contributed by atoms with Gasteiger partial charge in [0.25, 0.3) is 0 Å². The lowest BCUT2D eigenvalue weighted by Crippen LogP contribution is -2.14. The maximum Gasteiger partial charge on any atom is 0.0583 e. The summed E-state index contributed by atoms with van der Waals surface area (Å²) >= 11 is 1.79. The van der Waals surface area contributed by atoms with E-state index in [1.54, 1.807) is 11.3 Å². The first-order valence-corrected chi connectivity index (χ1v) is 7.84. The van der Waals surface area contributed by atoms with Gasteiger partial charge in [-0.1, -0.05) is 43.9 Å². The number of hydrogen-bond acceptors (Lipinski definition) is 2. The van der Waals surface area contributed by atoms with Crippen LogP contribution < -0.4 is 0 Å². The molecule has 2 aromatic rings. The number of fused-ring (bicyclic) bond motifs is 1. The van der Waals surface area contributed by atoms with Crippen molar-refractivity contribution >= 4 is 21.4 Å². The summed E-state index contributed by atoms with van der Waals surface area (Å²) in [6.45, 7) is 0. The number of thiophene rings is 1. The molecule has 1 saturated carbocycles. The zero-order chi connectivity index (χ0) is 12.4. The Balaban J connectivity index is 1.67. The summed E-state index contributed by atoms with van der Waals surface area (Å²) in [5.41, 5.74) is 1.32. The first-order valence-electron chi connectivity index (χ1n) is 6.96. The highest BCUT2D eigenvalue weighted by atomic mass is 32.1. The Labute approximate surface area is 112 Å². The second-order valence-corrected chi connectivity index (χ2v) is 6.41. The van der Waals surface area contributed by atoms with E-state index in [-0.39, 0.29) is 6.10 Å². The van der Waals surface area contributed by atoms with Crippen LogP contribution in [0.15, 0.2) is 29.6 Å². The van der Waals surface area contributed by atoms with Gasteiger partial charge >= 0.3 is 0 Å². The number of aliphatic hydroxyl groups excluding tert-OH is 1. The van der Waals surface area contributed by atoms with Crippen molar-refractivity contribution in [2.45, 2.75) is 44.6 Å². The van der Waals surface area contributed by atoms with E-state index in [1.807, 2.05) is 0 Å². The van der Waals surface area contributed by atoms with Crippen molar-refractivity contribution in [2.75, 3.05) is 0 Å². The Morgan fingerprint density at radius 3 is 2.83 bits per heavy atom. The summed E-state index contributed by atoms with van der Waals surface area (Å²) in [5, 5.41) is 13.8. The van der Waals surface area contributed by atoms with E-state index in [9.17, 15) is 5.11 Å². The molecule has 0 radical (unpaired) electrons. The van der Waals surface area contributed by atoms with Crippen LogP contribution in [0.1, 0.15) is 37.7 Å². The van der Waals surface area contributed by atoms with Gasteiger partial charge in [0.15, 0.2) is 0 Å². The SMILES string of the molecule is OC(Cc1csc2ccccc12)CC1CCCC1. The van der Waals surface area contributed by atoms with Crippen molar-refractivity contribution in [3.05, 3.63) is 35.2 Å². The Kier molecular flexibility index (Phi) is 3.67. The van der Waals surface area contributed by atoms with Crippen molar-refractivity contribution in [2.24, 2.45) is 5.92 Å². The molecule has 0 amide bonds. The van der Waals surface area contributed by atoms with Gasteiger partial charge < -0.3 is 5.11 Å². The molecule has 1 aliphatic carbocycles. The average Bonchev–Trinajstić information content (AvgIpc) is 3.00. The Morgan fingerprint density at radius 1 is 1.22 bits per heavy atom. The monoisotopic (exact) mass is 260 g/mol. The standard InChI is InChI=1S/C16H20OS/c17-14(9-12-5-1-2-6-12)10-13-11-18-16-8-4-3-7-15(13)16/h3-4,7-8,11-12,14,17H,1-2,5-6,9-10H2. The van der Waals surface area contributed by atoms with Gasteiger partial charge in [0.2, 0.25) is 0 Å². The molecule has 1 aromatic carbocycles. The topological polar surface area (TPSA) is 20.2 Å². The molecule has 0 bridgehead atoms. The molecule has 1 N–H and O–H groups in total. The maximum atomic E-state index is 10.2. The molecular weight excluding hydrogens is 240 g/mol. The van der Waals surface area contributed by atoms with E-state index in [0.29, 0.717) is 0 Å². The molecule has 1 heterocycles. The molecule has 0 saturated heterocycles. The second-order valence-electron chi connectivity index (χ2n) is 5.50. The fraction of sp³-hybridized carbons (Fsp3) is 0.500. The molecule has 1 aromatic heterocycles. The number of benzene rings is 1. The Bertz CT molecular complexity index is 511. The van der Waals surface area contributed by atoms with Crippen molar-refractivity contribution < 1.29 is 5.11 Å². The lowest BCUT2D eigenvalue weighted by Gasteiger charge is -2.14. The Morgan fingerprint density at radius 2 is 2.00 bits per heavy atom. The minimum absolute atomic E-state index is 0.161. The first-order chi connectivity index (χ1) is 8.83. The van der Waals surface area contributed by atoms with Gasteiger partial charge in [0, 0.05) is 4.70 Å². The van der Waals surface area contributed by atoms with Crippen LogP contribution in [0, 0.1) is 5.92 Å². The van der Waals surface area contributed by atoms with Gasteiger partial charge in [-0.2, -0.15) is 0 Å². The van der Waals surface area contributed by atoms with Crippen LogP contribution in [-0.4, -0.2) is 11.2 Å². The molecule has 3 rings (SSSR count). The fourth-order valence-corrected chi connectivity index (χ4v) is 4.13. The van der Waals surface area contributed by atoms with Crippen LogP contribution in [0.3, 0.4) is 0 Å². The number of hydrogen-bond donors (Lipinski definition) is 1. The van der Waals surface area contributed by atoms with Gasteiger partial charge in [0.1, 0.15) is 0 Å². The van der Waals surface area contributed by atoms with Crippen molar-refractivity contribution in [1.29, 1.82) is 0 Å². The zero-order valence-electron chi connectivity index (χ0n) is 10.6. The summed E-state index contributed by atoms with van der Waals surface area (Å²) in [4.78, 5) is 0. The van der Waals surface area contributed by atoms with E-state index in [1.165, 1.54) is 41.3 Å². The molecule has 1 atom stereocenters. The van der Waals surface area contributed by atoms with E-state index in [4.69, 9.17) is 0 Å². The van der Waals surface area contributed by atoms with E-state index < -0.39 is 0 Å². The summed E-state index contributed by atoms with van der Waals surface area (Å²) in [6.07, 6.45) is 7.01. The second kappa shape index (κ2) is 5.41. The maximum absolute atomic E-state index is 10.2. The molecule has 2 heteroatoms. The van der Waals surface area contributed by atoms with Gasteiger partial charge in [-0.25, -0.2) is 0 Å². The van der Waals surface area contributed by atoms with Crippen LogP contribution in [0.25, 0.3) is 10.1 Å². The normalized spacial score (nSPS) is 18.5. The van der Waals surface area contributed by atoms with Gasteiger partial charge in [-0.3, -0.25) is 0 Å². The Hall–Kier alpha value is -0.860. The summed E-state index contributed by atoms with van der Waals surface area (Å²) < 4.78 is 1.33. The quantitative estimate of drug-likeness (QED) is 0.864. The molecule has 96 valence electrons. The van der Waals surface area contributed by atoms with Crippen LogP contribution in [0.5, 0.6) is 0 Å². The molecule has 18 heavy (non-hydrogen) atoms. The minimum atomic E-state index is -0.161. The lowest BCUT2D eigenvalue weighted by molar-refractivity contribution is 0.143. The number of aliphatic hydroxyl groups is 1. The summed E-state index contributed by atoms with van der Waals surface area (Å²) in [6, 6.07) is 8.50. The molecule has 1 fully saturated rings. The third-order valence-electron chi connectivity index (χ3n) is 4.10. The minimum Gasteiger partial charge on any atom is -0.393 e. The van der Waals surface area contributed by atoms with E-state index in [0.717, 1.165) is 18.8 Å². The summed E-state index contributed by atoms with van der Waals surface area (Å²) in [5.74, 6) is 0.768. The highest BCUT2D eigenvalue weighted by molar-refractivity contribution is 7.17. The smallest absolute Gasteiger partial charge is 0.0583 e. The van der Waals surface area contributed by atoms with Gasteiger partial charge in [-0.05, 0) is 41.2 Å². The van der Waals surface area contributed by atoms with E-state index >= 15 is 0 Å². The highest BCUT2D eigenvalue weighted by Gasteiger charge is 2.19. The summed E-state index contributed by atoms with van der Waals surface area (Å²) in [7, 11) is 0. The molecular formula is C16H20OS. The van der Waals surface area contributed by atoms with Crippen molar-refractivity contribution in [3.8, 4) is 0 Å².